The molecule has 150 valence electrons. The predicted molar refractivity (Wildman–Crippen MR) is 113 cm³/mol. The molecule has 0 saturated heterocycles. The van der Waals surface area contributed by atoms with Gasteiger partial charge in [0.15, 0.2) is 4.34 Å². The van der Waals surface area contributed by atoms with Crippen molar-refractivity contribution in [2.75, 3.05) is 16.4 Å². The minimum Gasteiger partial charge on any atom is -0.323 e. The standard InChI is InChI=1S/C17H10BrClF2N4O2S2/c18-8-1-3-11(19)10(5-8)15(27)23-16-24-25-17(29-16)28-7-14(26)22-13-4-2-9(20)6-12(13)21/h1-6H,7H2,(H,22,26)(H,23,24,27). The Hall–Kier alpha value is -2.08. The third-order valence-electron chi connectivity index (χ3n) is 3.33. The second-order valence-electron chi connectivity index (χ2n) is 5.41. The Balaban J connectivity index is 1.55. The second-order valence-corrected chi connectivity index (χ2v) is 8.94. The first-order chi connectivity index (χ1) is 13.8. The fraction of sp³-hybridized carbons (Fsp3) is 0.0588. The van der Waals surface area contributed by atoms with Crippen LogP contribution in [-0.4, -0.2) is 27.8 Å². The van der Waals surface area contributed by atoms with Gasteiger partial charge in [-0.2, -0.15) is 0 Å². The molecule has 0 bridgehead atoms. The molecule has 0 spiro atoms. The molecule has 0 fully saturated rings. The monoisotopic (exact) mass is 518 g/mol. The molecule has 0 atom stereocenters. The highest BCUT2D eigenvalue weighted by Gasteiger charge is 2.15. The number of rotatable bonds is 6. The van der Waals surface area contributed by atoms with E-state index in [9.17, 15) is 18.4 Å². The van der Waals surface area contributed by atoms with Gasteiger partial charge in [0.2, 0.25) is 11.0 Å². The average Bonchev–Trinajstić information content (AvgIpc) is 3.11. The molecule has 0 aliphatic heterocycles. The van der Waals surface area contributed by atoms with Crippen LogP contribution in [0.3, 0.4) is 0 Å². The Kier molecular flexibility index (Phi) is 7.17. The highest BCUT2D eigenvalue weighted by molar-refractivity contribution is 9.10. The molecular weight excluding hydrogens is 510 g/mol. The minimum atomic E-state index is -0.865. The Morgan fingerprint density at radius 2 is 1.93 bits per heavy atom. The van der Waals surface area contributed by atoms with Gasteiger partial charge in [0.05, 0.1) is 22.0 Å². The molecule has 0 radical (unpaired) electrons. The summed E-state index contributed by atoms with van der Waals surface area (Å²) in [5.41, 5.74) is 0.152. The minimum absolute atomic E-state index is 0.0726. The van der Waals surface area contributed by atoms with Gasteiger partial charge < -0.3 is 5.32 Å². The van der Waals surface area contributed by atoms with Gasteiger partial charge in [-0.15, -0.1) is 10.2 Å². The summed E-state index contributed by atoms with van der Waals surface area (Å²) in [5, 5.41) is 13.2. The van der Waals surface area contributed by atoms with E-state index in [0.29, 0.717) is 14.9 Å². The van der Waals surface area contributed by atoms with Crippen LogP contribution in [0.15, 0.2) is 45.2 Å². The van der Waals surface area contributed by atoms with E-state index in [4.69, 9.17) is 11.6 Å². The molecule has 1 aromatic heterocycles. The molecular formula is C17H10BrClF2N4O2S2. The van der Waals surface area contributed by atoms with E-state index in [2.05, 4.69) is 36.8 Å². The van der Waals surface area contributed by atoms with Crippen LogP contribution in [0.1, 0.15) is 10.4 Å². The molecule has 2 amide bonds. The smallest absolute Gasteiger partial charge is 0.259 e. The van der Waals surface area contributed by atoms with Crippen LogP contribution in [0.5, 0.6) is 0 Å². The van der Waals surface area contributed by atoms with Crippen LogP contribution in [0.25, 0.3) is 0 Å². The summed E-state index contributed by atoms with van der Waals surface area (Å²) < 4.78 is 27.6. The van der Waals surface area contributed by atoms with Crippen molar-refractivity contribution in [3.63, 3.8) is 0 Å². The number of thioether (sulfide) groups is 1. The Labute approximate surface area is 185 Å². The van der Waals surface area contributed by atoms with E-state index >= 15 is 0 Å². The molecule has 12 heteroatoms. The third-order valence-corrected chi connectivity index (χ3v) is 6.13. The summed E-state index contributed by atoms with van der Waals surface area (Å²) >= 11 is 11.4. The number of benzene rings is 2. The topological polar surface area (TPSA) is 84.0 Å². The largest absolute Gasteiger partial charge is 0.323 e. The zero-order chi connectivity index (χ0) is 21.0. The van der Waals surface area contributed by atoms with Gasteiger partial charge in [0, 0.05) is 10.5 Å². The number of anilines is 2. The van der Waals surface area contributed by atoms with E-state index in [1.165, 1.54) is 0 Å². The fourth-order valence-electron chi connectivity index (χ4n) is 2.06. The average molecular weight is 520 g/mol. The first-order valence-corrected chi connectivity index (χ1v) is 10.8. The van der Waals surface area contributed by atoms with Crippen molar-refractivity contribution in [1.29, 1.82) is 0 Å². The Bertz CT molecular complexity index is 1080. The van der Waals surface area contributed by atoms with E-state index in [1.807, 2.05) is 0 Å². The summed E-state index contributed by atoms with van der Waals surface area (Å²) in [6.45, 7) is 0. The lowest BCUT2D eigenvalue weighted by molar-refractivity contribution is -0.113. The number of halogens is 4. The number of aromatic nitrogens is 2. The van der Waals surface area contributed by atoms with Crippen molar-refractivity contribution in [3.8, 4) is 0 Å². The maximum absolute atomic E-state index is 13.6. The van der Waals surface area contributed by atoms with Crippen molar-refractivity contribution in [2.24, 2.45) is 0 Å². The Morgan fingerprint density at radius 1 is 1.14 bits per heavy atom. The van der Waals surface area contributed by atoms with Gasteiger partial charge >= 0.3 is 0 Å². The van der Waals surface area contributed by atoms with Crippen LogP contribution in [-0.2, 0) is 4.79 Å². The van der Waals surface area contributed by atoms with Gasteiger partial charge in [-0.25, -0.2) is 8.78 Å². The van der Waals surface area contributed by atoms with E-state index in [0.717, 1.165) is 35.2 Å². The summed E-state index contributed by atoms with van der Waals surface area (Å²) in [6.07, 6.45) is 0. The van der Waals surface area contributed by atoms with Crippen molar-refractivity contribution in [1.82, 2.24) is 10.2 Å². The lowest BCUT2D eigenvalue weighted by atomic mass is 10.2. The van der Waals surface area contributed by atoms with Crippen LogP contribution < -0.4 is 10.6 Å². The van der Waals surface area contributed by atoms with E-state index < -0.39 is 23.4 Å². The second kappa shape index (κ2) is 9.61. The maximum atomic E-state index is 13.6. The number of carbonyl (C=O) groups excluding carboxylic acids is 2. The quantitative estimate of drug-likeness (QED) is 0.345. The molecule has 0 saturated carbocycles. The molecule has 0 aliphatic rings. The molecule has 2 N–H and O–H groups in total. The highest BCUT2D eigenvalue weighted by Crippen LogP contribution is 2.27. The molecule has 1 heterocycles. The molecule has 3 rings (SSSR count). The van der Waals surface area contributed by atoms with Crippen LogP contribution >= 0.6 is 50.6 Å². The van der Waals surface area contributed by atoms with E-state index in [1.54, 1.807) is 18.2 Å². The predicted octanol–water partition coefficient (Wildman–Crippen LogP) is 5.22. The van der Waals surface area contributed by atoms with E-state index in [-0.39, 0.29) is 27.2 Å². The van der Waals surface area contributed by atoms with Crippen molar-refractivity contribution < 1.29 is 18.4 Å². The summed E-state index contributed by atoms with van der Waals surface area (Å²) in [5.74, 6) is -2.62. The van der Waals surface area contributed by atoms with Crippen molar-refractivity contribution in [3.05, 3.63) is 63.1 Å². The van der Waals surface area contributed by atoms with Crippen LogP contribution in [0, 0.1) is 11.6 Å². The lowest BCUT2D eigenvalue weighted by Crippen LogP contribution is -2.15. The Morgan fingerprint density at radius 3 is 2.69 bits per heavy atom. The number of amides is 2. The zero-order valence-electron chi connectivity index (χ0n) is 14.2. The van der Waals surface area contributed by atoms with Gasteiger partial charge in [-0.1, -0.05) is 50.6 Å². The molecule has 29 heavy (non-hydrogen) atoms. The van der Waals surface area contributed by atoms with Crippen LogP contribution in [0.4, 0.5) is 19.6 Å². The molecule has 0 aliphatic carbocycles. The van der Waals surface area contributed by atoms with Gasteiger partial charge in [0.25, 0.3) is 5.91 Å². The fourth-order valence-corrected chi connectivity index (χ4v) is 4.17. The van der Waals surface area contributed by atoms with Gasteiger partial charge in [0.1, 0.15) is 11.6 Å². The van der Waals surface area contributed by atoms with Gasteiger partial charge in [-0.05, 0) is 30.3 Å². The maximum Gasteiger partial charge on any atom is 0.259 e. The number of hydrogen-bond donors (Lipinski definition) is 2. The molecule has 0 unspecified atom stereocenters. The number of carbonyl (C=O) groups is 2. The normalized spacial score (nSPS) is 10.6. The summed E-state index contributed by atoms with van der Waals surface area (Å²) in [7, 11) is 0. The summed E-state index contributed by atoms with van der Waals surface area (Å²) in [4.78, 5) is 24.2. The van der Waals surface area contributed by atoms with Gasteiger partial charge in [-0.3, -0.25) is 14.9 Å². The first-order valence-electron chi connectivity index (χ1n) is 7.79. The lowest BCUT2D eigenvalue weighted by Gasteiger charge is -2.05. The number of nitrogens with one attached hydrogen (secondary N) is 2. The third kappa shape index (κ3) is 5.95. The first kappa shape index (κ1) is 21.6. The molecule has 2 aromatic carbocycles. The number of nitrogens with zero attached hydrogens (tertiary/aromatic N) is 2. The van der Waals surface area contributed by atoms with Crippen molar-refractivity contribution in [2.45, 2.75) is 4.34 Å². The molecule has 6 nitrogen and oxygen atoms in total. The SMILES string of the molecule is O=C(CSc1nnc(NC(=O)c2cc(Br)ccc2Cl)s1)Nc1ccc(F)cc1F. The summed E-state index contributed by atoms with van der Waals surface area (Å²) in [6, 6.07) is 7.74. The van der Waals surface area contributed by atoms with Crippen LogP contribution in [0.2, 0.25) is 5.02 Å². The molecule has 3 aromatic rings. The zero-order valence-corrected chi connectivity index (χ0v) is 18.2. The van der Waals surface area contributed by atoms with Crippen molar-refractivity contribution >= 4 is 73.3 Å². The highest BCUT2D eigenvalue weighted by atomic mass is 79.9. The number of hydrogen-bond acceptors (Lipinski definition) is 6.